The highest BCUT2D eigenvalue weighted by Crippen LogP contribution is 2.33. The van der Waals surface area contributed by atoms with Crippen molar-refractivity contribution in [3.8, 4) is 0 Å². The van der Waals surface area contributed by atoms with Gasteiger partial charge in [-0.2, -0.15) is 0 Å². The lowest BCUT2D eigenvalue weighted by atomic mass is 10.00. The Morgan fingerprint density at radius 2 is 2.27 bits per heavy atom. The summed E-state index contributed by atoms with van der Waals surface area (Å²) >= 11 is 0. The summed E-state index contributed by atoms with van der Waals surface area (Å²) in [6, 6.07) is 0. The first-order valence-corrected chi connectivity index (χ1v) is 6.19. The van der Waals surface area contributed by atoms with Crippen LogP contribution in [0, 0.1) is 0 Å². The zero-order chi connectivity index (χ0) is 11.5. The second-order valence-corrected chi connectivity index (χ2v) is 4.57. The molecule has 7 nitrogen and oxygen atoms in total. The van der Waals surface area contributed by atoms with E-state index < -0.39 is 35.4 Å². The van der Waals surface area contributed by atoms with Crippen molar-refractivity contribution in [3.05, 3.63) is 0 Å². The summed E-state index contributed by atoms with van der Waals surface area (Å²) in [7, 11) is -3.23. The fraction of sp³-hybridized carbons (Fsp3) is 1.00. The van der Waals surface area contributed by atoms with E-state index in [-0.39, 0.29) is 13.2 Å². The molecule has 1 fully saturated rings. The Morgan fingerprint density at radius 3 is 2.80 bits per heavy atom. The highest BCUT2D eigenvalue weighted by atomic mass is 31.2. The predicted octanol–water partition coefficient (Wildman–Crippen LogP) is -0.750. The molecule has 0 radical (unpaired) electrons. The lowest BCUT2D eigenvalue weighted by Gasteiger charge is -2.25. The minimum Gasteiger partial charge on any atom is -0.385 e. The largest absolute Gasteiger partial charge is 0.385 e. The molecular formula is C6H14O7P2. The van der Waals surface area contributed by atoms with Gasteiger partial charge in [0.25, 0.3) is 0 Å². The summed E-state index contributed by atoms with van der Waals surface area (Å²) in [4.78, 5) is 25.8. The van der Waals surface area contributed by atoms with E-state index in [2.05, 4.69) is 4.52 Å². The molecule has 0 aromatic carbocycles. The molecule has 1 heterocycles. The van der Waals surface area contributed by atoms with Gasteiger partial charge in [-0.15, -0.1) is 0 Å². The summed E-state index contributed by atoms with van der Waals surface area (Å²) in [5, 5.41) is 9.79. The molecule has 0 bridgehead atoms. The lowest BCUT2D eigenvalue weighted by molar-refractivity contribution is -0.0238. The first-order chi connectivity index (χ1) is 6.97. The van der Waals surface area contributed by atoms with Crippen molar-refractivity contribution in [2.45, 2.75) is 24.7 Å². The van der Waals surface area contributed by atoms with Crippen LogP contribution in [0.2, 0.25) is 0 Å². The normalized spacial score (nSPS) is 37.2. The van der Waals surface area contributed by atoms with E-state index in [1.165, 1.54) is 6.92 Å². The summed E-state index contributed by atoms with van der Waals surface area (Å²) in [5.74, 6) is 0. The molecule has 1 saturated heterocycles. The Hall–Kier alpha value is 0.580. The molecule has 15 heavy (non-hydrogen) atoms. The highest BCUT2D eigenvalue weighted by molar-refractivity contribution is 7.39. The maximum absolute atomic E-state index is 9.79. The van der Waals surface area contributed by atoms with Crippen LogP contribution < -0.4 is 0 Å². The van der Waals surface area contributed by atoms with Crippen LogP contribution in [-0.2, 0) is 13.8 Å². The van der Waals surface area contributed by atoms with E-state index >= 15 is 0 Å². The molecule has 9 heteroatoms. The molecule has 0 aromatic heterocycles. The number of hydrogen-bond acceptors (Lipinski definition) is 7. The van der Waals surface area contributed by atoms with Crippen LogP contribution >= 0.6 is 17.6 Å². The van der Waals surface area contributed by atoms with Gasteiger partial charge in [-0.3, -0.25) is 0 Å². The molecule has 1 aliphatic heterocycles. The van der Waals surface area contributed by atoms with Gasteiger partial charge in [0, 0.05) is 0 Å². The highest BCUT2D eigenvalue weighted by Gasteiger charge is 2.46. The Balaban J connectivity index is 2.49. The second kappa shape index (κ2) is 5.77. The molecule has 4 atom stereocenters. The van der Waals surface area contributed by atoms with Crippen LogP contribution in [0.15, 0.2) is 0 Å². The Morgan fingerprint density at radius 1 is 1.60 bits per heavy atom. The molecule has 1 rings (SSSR count). The average molecular weight is 260 g/mol. The van der Waals surface area contributed by atoms with Gasteiger partial charge in [-0.1, -0.05) is 0 Å². The Bertz CT molecular complexity index is 200. The van der Waals surface area contributed by atoms with Crippen LogP contribution in [0.3, 0.4) is 0 Å². The van der Waals surface area contributed by atoms with E-state index in [9.17, 15) is 5.11 Å². The number of rotatable bonds is 5. The van der Waals surface area contributed by atoms with Gasteiger partial charge in [-0.05, 0) is 6.92 Å². The summed E-state index contributed by atoms with van der Waals surface area (Å²) < 4.78 is 14.7. The van der Waals surface area contributed by atoms with Gasteiger partial charge in [-0.25, -0.2) is 0 Å². The third-order valence-electron chi connectivity index (χ3n) is 2.07. The van der Waals surface area contributed by atoms with Crippen molar-refractivity contribution in [2.24, 2.45) is 0 Å². The fourth-order valence-electron chi connectivity index (χ4n) is 1.38. The molecule has 0 spiro atoms. The second-order valence-electron chi connectivity index (χ2n) is 3.38. The van der Waals surface area contributed by atoms with Crippen molar-refractivity contribution in [1.82, 2.24) is 0 Å². The molecule has 3 unspecified atom stereocenters. The van der Waals surface area contributed by atoms with Crippen molar-refractivity contribution < 1.29 is 33.6 Å². The minimum absolute atomic E-state index is 0.0466. The fourth-order valence-corrected chi connectivity index (χ4v) is 2.18. The van der Waals surface area contributed by atoms with Crippen LogP contribution in [-0.4, -0.2) is 50.8 Å². The van der Waals surface area contributed by atoms with Gasteiger partial charge in [0.1, 0.15) is 17.8 Å². The maximum Gasteiger partial charge on any atom is 0.327 e. The molecule has 0 aliphatic carbocycles. The van der Waals surface area contributed by atoms with E-state index in [1.54, 1.807) is 0 Å². The summed E-state index contributed by atoms with van der Waals surface area (Å²) in [6.07, 6.45) is -1.36. The number of hydrogen-bond donors (Lipinski definition) is 4. The predicted molar refractivity (Wildman–Crippen MR) is 53.1 cm³/mol. The number of ether oxygens (including phenoxy) is 1. The van der Waals surface area contributed by atoms with Gasteiger partial charge >= 0.3 is 8.60 Å². The van der Waals surface area contributed by atoms with Crippen molar-refractivity contribution >= 4 is 17.6 Å². The molecule has 1 aliphatic rings. The van der Waals surface area contributed by atoms with Gasteiger partial charge in [0.2, 0.25) is 0 Å². The maximum atomic E-state index is 9.79. The first-order valence-electron chi connectivity index (χ1n) is 4.17. The molecule has 0 amide bonds. The lowest BCUT2D eigenvalue weighted by Crippen LogP contribution is -2.42. The Labute approximate surface area is 89.9 Å². The van der Waals surface area contributed by atoms with Gasteiger partial charge < -0.3 is 33.6 Å². The van der Waals surface area contributed by atoms with Crippen molar-refractivity contribution in [1.29, 1.82) is 0 Å². The topological polar surface area (TPSA) is 109 Å². The summed E-state index contributed by atoms with van der Waals surface area (Å²) in [5.41, 5.74) is -1.21. The molecule has 0 saturated carbocycles. The molecule has 90 valence electrons. The molecule has 4 N–H and O–H groups in total. The van der Waals surface area contributed by atoms with Gasteiger partial charge in [0.15, 0.2) is 9.03 Å². The standard InChI is InChI=1S/C6H14O7P2/c1-6(7)3-11-4(2-12-15(9)10)5(6)13-14-8/h4-5,7-10,14H,2-3H2,1H3/t4-,5?,6?/m1/s1. The summed E-state index contributed by atoms with van der Waals surface area (Å²) in [6.45, 7) is 1.45. The third kappa shape index (κ3) is 3.82. The smallest absolute Gasteiger partial charge is 0.327 e. The van der Waals surface area contributed by atoms with Crippen LogP contribution in [0.25, 0.3) is 0 Å². The van der Waals surface area contributed by atoms with Crippen LogP contribution in [0.5, 0.6) is 0 Å². The minimum atomic E-state index is -2.45. The zero-order valence-corrected chi connectivity index (χ0v) is 9.92. The number of aliphatic hydroxyl groups is 1. The average Bonchev–Trinajstić information content (AvgIpc) is 2.41. The third-order valence-corrected chi connectivity index (χ3v) is 2.81. The van der Waals surface area contributed by atoms with Crippen LogP contribution in [0.4, 0.5) is 0 Å². The van der Waals surface area contributed by atoms with Gasteiger partial charge in [0.05, 0.1) is 13.2 Å². The Kier molecular flexibility index (Phi) is 5.25. The van der Waals surface area contributed by atoms with E-state index in [4.69, 9.17) is 23.9 Å². The van der Waals surface area contributed by atoms with E-state index in [0.717, 1.165) is 0 Å². The van der Waals surface area contributed by atoms with Crippen molar-refractivity contribution in [2.75, 3.05) is 13.2 Å². The van der Waals surface area contributed by atoms with E-state index in [1.807, 2.05) is 0 Å². The quantitative estimate of drug-likeness (QED) is 0.481. The molecular weight excluding hydrogens is 246 g/mol. The van der Waals surface area contributed by atoms with Crippen molar-refractivity contribution in [3.63, 3.8) is 0 Å². The van der Waals surface area contributed by atoms with Crippen LogP contribution in [0.1, 0.15) is 6.92 Å². The molecule has 0 aromatic rings. The first kappa shape index (κ1) is 13.6. The van der Waals surface area contributed by atoms with E-state index in [0.29, 0.717) is 0 Å². The SMILES string of the molecule is CC1(O)CO[C@H](COP(O)O)C1OPO. The zero-order valence-electron chi connectivity index (χ0n) is 8.03. The monoisotopic (exact) mass is 260 g/mol.